The van der Waals surface area contributed by atoms with Crippen molar-refractivity contribution < 1.29 is 4.79 Å². The van der Waals surface area contributed by atoms with E-state index in [1.54, 1.807) is 36.1 Å². The number of carbonyl (C=O) groups is 1. The summed E-state index contributed by atoms with van der Waals surface area (Å²) >= 11 is 1.55. The van der Waals surface area contributed by atoms with E-state index in [-0.39, 0.29) is 5.91 Å². The molecule has 0 spiro atoms. The Morgan fingerprint density at radius 2 is 2.17 bits per heavy atom. The third-order valence-electron chi connectivity index (χ3n) is 2.51. The van der Waals surface area contributed by atoms with Crippen molar-refractivity contribution in [3.8, 4) is 0 Å². The Balaban J connectivity index is 1.81. The highest BCUT2D eigenvalue weighted by atomic mass is 32.2. The smallest absolute Gasteiger partial charge is 0.232 e. The van der Waals surface area contributed by atoms with Crippen molar-refractivity contribution in [3.63, 3.8) is 0 Å². The summed E-state index contributed by atoms with van der Waals surface area (Å²) in [5.41, 5.74) is 1.01. The SMILES string of the molecule is CN(Cc1cn[nH]c1)C(=O)CSc1ccccc1. The molecule has 1 N–H and O–H groups in total. The summed E-state index contributed by atoms with van der Waals surface area (Å²) in [6, 6.07) is 9.93. The van der Waals surface area contributed by atoms with E-state index in [2.05, 4.69) is 10.2 Å². The monoisotopic (exact) mass is 261 g/mol. The second-order valence-electron chi connectivity index (χ2n) is 3.96. The van der Waals surface area contributed by atoms with E-state index in [1.807, 2.05) is 30.3 Å². The number of aromatic amines is 1. The van der Waals surface area contributed by atoms with Crippen molar-refractivity contribution in [2.24, 2.45) is 0 Å². The lowest BCUT2D eigenvalue weighted by Gasteiger charge is -2.15. The average Bonchev–Trinajstić information content (AvgIpc) is 2.90. The maximum atomic E-state index is 11.9. The predicted octanol–water partition coefficient (Wildman–Crippen LogP) is 2.16. The molecule has 0 aliphatic rings. The Hall–Kier alpha value is -1.75. The number of aromatic nitrogens is 2. The Morgan fingerprint density at radius 1 is 1.39 bits per heavy atom. The summed E-state index contributed by atoms with van der Waals surface area (Å²) in [5, 5.41) is 6.60. The summed E-state index contributed by atoms with van der Waals surface area (Å²) in [7, 11) is 1.81. The first-order valence-electron chi connectivity index (χ1n) is 5.65. The second-order valence-corrected chi connectivity index (χ2v) is 5.01. The highest BCUT2D eigenvalue weighted by Crippen LogP contribution is 2.17. The average molecular weight is 261 g/mol. The molecule has 0 saturated carbocycles. The zero-order valence-corrected chi connectivity index (χ0v) is 11.0. The van der Waals surface area contributed by atoms with E-state index in [9.17, 15) is 4.79 Å². The zero-order valence-electron chi connectivity index (χ0n) is 10.2. The van der Waals surface area contributed by atoms with Crippen LogP contribution in [0.3, 0.4) is 0 Å². The lowest BCUT2D eigenvalue weighted by atomic mass is 10.3. The minimum absolute atomic E-state index is 0.116. The number of nitrogens with zero attached hydrogens (tertiary/aromatic N) is 2. The molecule has 2 aromatic rings. The van der Waals surface area contributed by atoms with Crippen LogP contribution in [0.4, 0.5) is 0 Å². The summed E-state index contributed by atoms with van der Waals surface area (Å²) in [6.45, 7) is 0.588. The number of amides is 1. The molecule has 0 atom stereocenters. The molecule has 94 valence electrons. The minimum Gasteiger partial charge on any atom is -0.341 e. The van der Waals surface area contributed by atoms with E-state index in [0.717, 1.165) is 10.5 Å². The molecule has 18 heavy (non-hydrogen) atoms. The molecule has 0 radical (unpaired) electrons. The third-order valence-corrected chi connectivity index (χ3v) is 3.50. The molecule has 0 saturated heterocycles. The van der Waals surface area contributed by atoms with Gasteiger partial charge in [-0.3, -0.25) is 9.89 Å². The molecular formula is C13H15N3OS. The van der Waals surface area contributed by atoms with E-state index in [0.29, 0.717) is 12.3 Å². The number of hydrogen-bond donors (Lipinski definition) is 1. The van der Waals surface area contributed by atoms with E-state index >= 15 is 0 Å². The molecule has 0 bridgehead atoms. The van der Waals surface area contributed by atoms with Gasteiger partial charge < -0.3 is 4.90 Å². The van der Waals surface area contributed by atoms with Gasteiger partial charge in [-0.25, -0.2) is 0 Å². The molecule has 0 aliphatic carbocycles. The van der Waals surface area contributed by atoms with Gasteiger partial charge in [0.15, 0.2) is 0 Å². The molecule has 1 aromatic heterocycles. The van der Waals surface area contributed by atoms with E-state index < -0.39 is 0 Å². The van der Waals surface area contributed by atoms with Gasteiger partial charge in [0.05, 0.1) is 11.9 Å². The van der Waals surface area contributed by atoms with Crippen LogP contribution < -0.4 is 0 Å². The van der Waals surface area contributed by atoms with Crippen molar-refractivity contribution in [2.75, 3.05) is 12.8 Å². The highest BCUT2D eigenvalue weighted by Gasteiger charge is 2.10. The fraction of sp³-hybridized carbons (Fsp3) is 0.231. The van der Waals surface area contributed by atoms with Crippen molar-refractivity contribution in [2.45, 2.75) is 11.4 Å². The predicted molar refractivity (Wildman–Crippen MR) is 72.2 cm³/mol. The van der Waals surface area contributed by atoms with Crippen molar-refractivity contribution in [1.82, 2.24) is 15.1 Å². The molecule has 5 heteroatoms. The van der Waals surface area contributed by atoms with Crippen LogP contribution in [-0.2, 0) is 11.3 Å². The first-order valence-corrected chi connectivity index (χ1v) is 6.64. The number of thioether (sulfide) groups is 1. The van der Waals surface area contributed by atoms with E-state index in [1.165, 1.54) is 0 Å². The lowest BCUT2D eigenvalue weighted by molar-refractivity contribution is -0.127. The lowest BCUT2D eigenvalue weighted by Crippen LogP contribution is -2.27. The van der Waals surface area contributed by atoms with Crippen LogP contribution in [0.5, 0.6) is 0 Å². The summed E-state index contributed by atoms with van der Waals surface area (Å²) in [6.07, 6.45) is 3.53. The number of hydrogen-bond acceptors (Lipinski definition) is 3. The van der Waals surface area contributed by atoms with Crippen LogP contribution in [0.2, 0.25) is 0 Å². The maximum Gasteiger partial charge on any atom is 0.232 e. The van der Waals surface area contributed by atoms with Crippen LogP contribution in [0, 0.1) is 0 Å². The van der Waals surface area contributed by atoms with Gasteiger partial charge in [-0.2, -0.15) is 5.10 Å². The number of carbonyl (C=O) groups excluding carboxylic acids is 1. The van der Waals surface area contributed by atoms with Crippen LogP contribution in [-0.4, -0.2) is 33.8 Å². The molecule has 2 rings (SSSR count). The Labute approximate surface area is 110 Å². The fourth-order valence-corrected chi connectivity index (χ4v) is 2.36. The second kappa shape index (κ2) is 6.26. The molecule has 1 amide bonds. The molecule has 0 unspecified atom stereocenters. The molecule has 1 heterocycles. The van der Waals surface area contributed by atoms with Gasteiger partial charge in [-0.05, 0) is 12.1 Å². The Morgan fingerprint density at radius 3 is 2.83 bits per heavy atom. The maximum absolute atomic E-state index is 11.9. The topological polar surface area (TPSA) is 49.0 Å². The normalized spacial score (nSPS) is 10.3. The van der Waals surface area contributed by atoms with Crippen LogP contribution >= 0.6 is 11.8 Å². The van der Waals surface area contributed by atoms with Gasteiger partial charge >= 0.3 is 0 Å². The summed E-state index contributed by atoms with van der Waals surface area (Å²) in [4.78, 5) is 14.7. The first kappa shape index (κ1) is 12.7. The van der Waals surface area contributed by atoms with Crippen molar-refractivity contribution in [1.29, 1.82) is 0 Å². The van der Waals surface area contributed by atoms with Gasteiger partial charge in [0.1, 0.15) is 0 Å². The Kier molecular flexibility index (Phi) is 4.41. The van der Waals surface area contributed by atoms with Crippen LogP contribution in [0.1, 0.15) is 5.56 Å². The quantitative estimate of drug-likeness (QED) is 0.839. The number of rotatable bonds is 5. The van der Waals surface area contributed by atoms with E-state index in [4.69, 9.17) is 0 Å². The summed E-state index contributed by atoms with van der Waals surface area (Å²) < 4.78 is 0. The number of nitrogens with one attached hydrogen (secondary N) is 1. The number of benzene rings is 1. The van der Waals surface area contributed by atoms with Crippen LogP contribution in [0.15, 0.2) is 47.6 Å². The molecule has 1 aromatic carbocycles. The van der Waals surface area contributed by atoms with Gasteiger partial charge in [-0.15, -0.1) is 11.8 Å². The first-order chi connectivity index (χ1) is 8.75. The molecule has 0 aliphatic heterocycles. The molecule has 4 nitrogen and oxygen atoms in total. The Bertz CT molecular complexity index is 484. The molecule has 0 fully saturated rings. The van der Waals surface area contributed by atoms with Crippen molar-refractivity contribution in [3.05, 3.63) is 48.3 Å². The van der Waals surface area contributed by atoms with Gasteiger partial charge in [0.2, 0.25) is 5.91 Å². The fourth-order valence-electron chi connectivity index (χ4n) is 1.50. The number of H-pyrrole nitrogens is 1. The van der Waals surface area contributed by atoms with Gasteiger partial charge in [0, 0.05) is 30.2 Å². The summed E-state index contributed by atoms with van der Waals surface area (Å²) in [5.74, 6) is 0.573. The highest BCUT2D eigenvalue weighted by molar-refractivity contribution is 8.00. The molecular weight excluding hydrogens is 246 g/mol. The van der Waals surface area contributed by atoms with Crippen molar-refractivity contribution >= 4 is 17.7 Å². The van der Waals surface area contributed by atoms with Crippen LogP contribution in [0.25, 0.3) is 0 Å². The largest absolute Gasteiger partial charge is 0.341 e. The van der Waals surface area contributed by atoms with Gasteiger partial charge in [-0.1, -0.05) is 18.2 Å². The minimum atomic E-state index is 0.116. The standard InChI is InChI=1S/C13H15N3OS/c1-16(9-11-7-14-15-8-11)13(17)10-18-12-5-3-2-4-6-12/h2-8H,9-10H2,1H3,(H,14,15). The van der Waals surface area contributed by atoms with Gasteiger partial charge in [0.25, 0.3) is 0 Å². The third kappa shape index (κ3) is 3.63. The zero-order chi connectivity index (χ0) is 12.8.